The Bertz CT molecular complexity index is 425. The van der Waals surface area contributed by atoms with Gasteiger partial charge in [0.25, 0.3) is 0 Å². The van der Waals surface area contributed by atoms with Crippen LogP contribution in [0, 0.1) is 5.92 Å². The standard InChI is InChI=1S/C14H22F3N3O3/c15-14(16,17)13(22)20-4-1-2-11(10-20)12(21)18-3-5-19-6-8-23-9-7-19/h11H,1-10H2,(H,18,21). The van der Waals surface area contributed by atoms with E-state index in [9.17, 15) is 22.8 Å². The van der Waals surface area contributed by atoms with Gasteiger partial charge in [0.1, 0.15) is 0 Å². The maximum Gasteiger partial charge on any atom is 0.471 e. The van der Waals surface area contributed by atoms with Crippen LogP contribution in [0.4, 0.5) is 13.2 Å². The maximum atomic E-state index is 12.5. The SMILES string of the molecule is O=C(NCCN1CCOCC1)C1CCCN(C(=O)C(F)(F)F)C1. The van der Waals surface area contributed by atoms with Crippen LogP contribution in [-0.4, -0.2) is 80.3 Å². The first-order valence-electron chi connectivity index (χ1n) is 7.82. The smallest absolute Gasteiger partial charge is 0.379 e. The second-order valence-electron chi connectivity index (χ2n) is 5.83. The third kappa shape index (κ3) is 5.35. The minimum atomic E-state index is -4.88. The zero-order valence-corrected chi connectivity index (χ0v) is 12.9. The van der Waals surface area contributed by atoms with E-state index in [0.29, 0.717) is 39.1 Å². The molecule has 1 atom stereocenters. The topological polar surface area (TPSA) is 61.9 Å². The number of halogens is 3. The number of likely N-dealkylation sites (tertiary alicyclic amines) is 1. The first kappa shape index (κ1) is 18.0. The van der Waals surface area contributed by atoms with E-state index in [1.54, 1.807) is 0 Å². The molecule has 9 heteroatoms. The van der Waals surface area contributed by atoms with E-state index in [1.165, 1.54) is 0 Å². The van der Waals surface area contributed by atoms with Crippen LogP contribution < -0.4 is 5.32 Å². The molecule has 0 aromatic heterocycles. The Hall–Kier alpha value is -1.35. The summed E-state index contributed by atoms with van der Waals surface area (Å²) in [7, 11) is 0. The number of nitrogens with zero attached hydrogens (tertiary/aromatic N) is 2. The molecular formula is C14H22F3N3O3. The summed E-state index contributed by atoms with van der Waals surface area (Å²) < 4.78 is 42.6. The molecule has 2 aliphatic heterocycles. The largest absolute Gasteiger partial charge is 0.471 e. The van der Waals surface area contributed by atoms with Crippen LogP contribution in [0.2, 0.25) is 0 Å². The van der Waals surface area contributed by atoms with Crippen molar-refractivity contribution in [3.05, 3.63) is 0 Å². The fraction of sp³-hybridized carbons (Fsp3) is 0.857. The van der Waals surface area contributed by atoms with E-state index in [2.05, 4.69) is 10.2 Å². The van der Waals surface area contributed by atoms with E-state index in [-0.39, 0.29) is 19.0 Å². The molecule has 1 unspecified atom stereocenters. The molecule has 23 heavy (non-hydrogen) atoms. The molecule has 0 spiro atoms. The predicted octanol–water partition coefficient (Wildman–Crippen LogP) is 0.236. The zero-order valence-electron chi connectivity index (χ0n) is 12.9. The van der Waals surface area contributed by atoms with Crippen molar-refractivity contribution in [1.29, 1.82) is 0 Å². The van der Waals surface area contributed by atoms with E-state index in [1.807, 2.05) is 0 Å². The van der Waals surface area contributed by atoms with Gasteiger partial charge in [0.2, 0.25) is 5.91 Å². The Kier molecular flexibility index (Phi) is 6.23. The predicted molar refractivity (Wildman–Crippen MR) is 75.6 cm³/mol. The molecule has 2 amide bonds. The van der Waals surface area contributed by atoms with Crippen molar-refractivity contribution >= 4 is 11.8 Å². The fourth-order valence-corrected chi connectivity index (χ4v) is 2.86. The van der Waals surface area contributed by atoms with Gasteiger partial charge < -0.3 is 15.0 Å². The molecule has 0 aromatic rings. The highest BCUT2D eigenvalue weighted by Gasteiger charge is 2.44. The van der Waals surface area contributed by atoms with Gasteiger partial charge in [-0.2, -0.15) is 13.2 Å². The van der Waals surface area contributed by atoms with Crippen molar-refractivity contribution in [3.8, 4) is 0 Å². The Morgan fingerprint density at radius 2 is 1.87 bits per heavy atom. The number of alkyl halides is 3. The van der Waals surface area contributed by atoms with Gasteiger partial charge in [-0.3, -0.25) is 14.5 Å². The maximum absolute atomic E-state index is 12.5. The Labute approximate surface area is 132 Å². The number of hydrogen-bond acceptors (Lipinski definition) is 4. The highest BCUT2D eigenvalue weighted by atomic mass is 19.4. The van der Waals surface area contributed by atoms with E-state index in [0.717, 1.165) is 18.0 Å². The van der Waals surface area contributed by atoms with Crippen molar-refractivity contribution in [2.45, 2.75) is 19.0 Å². The zero-order chi connectivity index (χ0) is 16.9. The van der Waals surface area contributed by atoms with Gasteiger partial charge >= 0.3 is 12.1 Å². The summed E-state index contributed by atoms with van der Waals surface area (Å²) in [5.74, 6) is -2.71. The van der Waals surface area contributed by atoms with Crippen LogP contribution in [0.25, 0.3) is 0 Å². The number of hydrogen-bond donors (Lipinski definition) is 1. The second-order valence-corrected chi connectivity index (χ2v) is 5.83. The average molecular weight is 337 g/mol. The molecular weight excluding hydrogens is 315 g/mol. The molecule has 0 bridgehead atoms. The number of ether oxygens (including phenoxy) is 1. The summed E-state index contributed by atoms with van der Waals surface area (Å²) >= 11 is 0. The molecule has 2 saturated heterocycles. The molecule has 0 aliphatic carbocycles. The van der Waals surface area contributed by atoms with Crippen LogP contribution in [0.5, 0.6) is 0 Å². The molecule has 6 nitrogen and oxygen atoms in total. The summed E-state index contributed by atoms with van der Waals surface area (Å²) in [4.78, 5) is 26.2. The van der Waals surface area contributed by atoms with Gasteiger partial charge in [-0.15, -0.1) is 0 Å². The quantitative estimate of drug-likeness (QED) is 0.798. The molecule has 0 radical (unpaired) electrons. The molecule has 2 fully saturated rings. The second kappa shape index (κ2) is 7.96. The lowest BCUT2D eigenvalue weighted by Crippen LogP contribution is -2.50. The van der Waals surface area contributed by atoms with Crippen LogP contribution in [0.3, 0.4) is 0 Å². The van der Waals surface area contributed by atoms with Crippen LogP contribution in [-0.2, 0) is 14.3 Å². The number of amides is 2. The molecule has 0 saturated carbocycles. The lowest BCUT2D eigenvalue weighted by molar-refractivity contribution is -0.187. The summed E-state index contributed by atoms with van der Waals surface area (Å²) in [6.45, 7) is 3.99. The highest BCUT2D eigenvalue weighted by Crippen LogP contribution is 2.23. The monoisotopic (exact) mass is 337 g/mol. The first-order valence-corrected chi connectivity index (χ1v) is 7.82. The average Bonchev–Trinajstić information content (AvgIpc) is 2.54. The van der Waals surface area contributed by atoms with Gasteiger partial charge in [-0.05, 0) is 12.8 Å². The van der Waals surface area contributed by atoms with E-state index < -0.39 is 18.0 Å². The normalized spacial score (nSPS) is 23.6. The lowest BCUT2D eigenvalue weighted by atomic mass is 9.97. The van der Waals surface area contributed by atoms with Crippen molar-refractivity contribution in [1.82, 2.24) is 15.1 Å². The van der Waals surface area contributed by atoms with Crippen molar-refractivity contribution in [2.75, 3.05) is 52.5 Å². The minimum Gasteiger partial charge on any atom is -0.379 e. The number of rotatable bonds is 4. The fourth-order valence-electron chi connectivity index (χ4n) is 2.86. The lowest BCUT2D eigenvalue weighted by Gasteiger charge is -2.32. The third-order valence-electron chi connectivity index (χ3n) is 4.15. The van der Waals surface area contributed by atoms with Crippen LogP contribution in [0.1, 0.15) is 12.8 Å². The Balaban J connectivity index is 1.74. The van der Waals surface area contributed by atoms with Gasteiger partial charge in [0, 0.05) is 39.3 Å². The number of piperidine rings is 1. The summed E-state index contributed by atoms with van der Waals surface area (Å²) in [6, 6.07) is 0. The van der Waals surface area contributed by atoms with Gasteiger partial charge in [0.05, 0.1) is 19.1 Å². The molecule has 2 rings (SSSR count). The molecule has 1 N–H and O–H groups in total. The number of nitrogens with one attached hydrogen (secondary N) is 1. The van der Waals surface area contributed by atoms with Crippen molar-refractivity contribution < 1.29 is 27.5 Å². The Morgan fingerprint density at radius 3 is 2.52 bits per heavy atom. The van der Waals surface area contributed by atoms with E-state index >= 15 is 0 Å². The third-order valence-corrected chi connectivity index (χ3v) is 4.15. The molecule has 2 heterocycles. The van der Waals surface area contributed by atoms with Gasteiger partial charge in [0.15, 0.2) is 0 Å². The van der Waals surface area contributed by atoms with E-state index in [4.69, 9.17) is 4.74 Å². The van der Waals surface area contributed by atoms with Gasteiger partial charge in [-0.25, -0.2) is 0 Å². The van der Waals surface area contributed by atoms with Crippen LogP contribution >= 0.6 is 0 Å². The van der Waals surface area contributed by atoms with Gasteiger partial charge in [-0.1, -0.05) is 0 Å². The number of carbonyl (C=O) groups excluding carboxylic acids is 2. The molecule has 132 valence electrons. The van der Waals surface area contributed by atoms with Crippen LogP contribution in [0.15, 0.2) is 0 Å². The first-order chi connectivity index (χ1) is 10.9. The minimum absolute atomic E-state index is 0.0515. The molecule has 0 aromatic carbocycles. The highest BCUT2D eigenvalue weighted by molar-refractivity contribution is 5.84. The summed E-state index contributed by atoms with van der Waals surface area (Å²) in [5, 5.41) is 2.76. The summed E-state index contributed by atoms with van der Waals surface area (Å²) in [5.41, 5.74) is 0. The number of morpholine rings is 1. The Morgan fingerprint density at radius 1 is 1.17 bits per heavy atom. The van der Waals surface area contributed by atoms with Crippen molar-refractivity contribution in [2.24, 2.45) is 5.92 Å². The number of carbonyl (C=O) groups is 2. The van der Waals surface area contributed by atoms with Crippen molar-refractivity contribution in [3.63, 3.8) is 0 Å². The molecule has 2 aliphatic rings. The summed E-state index contributed by atoms with van der Waals surface area (Å²) in [6.07, 6.45) is -3.97.